The maximum absolute atomic E-state index is 10.7. The average molecular weight is 222 g/mol. The summed E-state index contributed by atoms with van der Waals surface area (Å²) < 4.78 is 0.972. The highest BCUT2D eigenvalue weighted by molar-refractivity contribution is 8.00. The maximum atomic E-state index is 10.7. The molecular formula is C9H8N3O2S. The Morgan fingerprint density at radius 3 is 2.80 bits per heavy atom. The first kappa shape index (κ1) is 9.85. The van der Waals surface area contributed by atoms with Crippen LogP contribution in [0.5, 0.6) is 0 Å². The Labute approximate surface area is 90.2 Å². The van der Waals surface area contributed by atoms with E-state index in [1.807, 2.05) is 24.3 Å². The van der Waals surface area contributed by atoms with E-state index in [0.717, 1.165) is 27.3 Å². The highest BCUT2D eigenvalue weighted by Gasteiger charge is 2.18. The number of anilines is 1. The van der Waals surface area contributed by atoms with Crippen molar-refractivity contribution in [1.29, 1.82) is 0 Å². The molecule has 0 fully saturated rings. The number of aromatic amines is 1. The molecule has 0 aliphatic carbocycles. The molecule has 0 atom stereocenters. The fraction of sp³-hybridized carbons (Fsp3) is 0.111. The molecule has 2 aromatic rings. The van der Waals surface area contributed by atoms with Crippen molar-refractivity contribution < 1.29 is 9.90 Å². The van der Waals surface area contributed by atoms with Gasteiger partial charge in [-0.3, -0.25) is 0 Å². The first-order valence-corrected chi connectivity index (χ1v) is 5.40. The number of fused-ring (bicyclic) bond motifs is 1. The summed E-state index contributed by atoms with van der Waals surface area (Å²) in [6, 6.07) is 7.34. The van der Waals surface area contributed by atoms with E-state index >= 15 is 0 Å². The van der Waals surface area contributed by atoms with Gasteiger partial charge in [-0.05, 0) is 24.1 Å². The fourth-order valence-electron chi connectivity index (χ4n) is 1.28. The quantitative estimate of drug-likeness (QED) is 0.792. The van der Waals surface area contributed by atoms with E-state index in [-0.39, 0.29) is 5.95 Å². The van der Waals surface area contributed by atoms with Crippen LogP contribution in [-0.2, 0) is 5.11 Å². The van der Waals surface area contributed by atoms with Crippen LogP contribution in [0.2, 0.25) is 0 Å². The van der Waals surface area contributed by atoms with Crippen LogP contribution in [0.3, 0.4) is 0 Å². The molecule has 1 heterocycles. The zero-order valence-electron chi connectivity index (χ0n) is 7.93. The number of nitrogens with zero attached hydrogens (tertiary/aromatic N) is 2. The van der Waals surface area contributed by atoms with Crippen molar-refractivity contribution in [3.05, 3.63) is 24.3 Å². The monoisotopic (exact) mass is 222 g/mol. The van der Waals surface area contributed by atoms with Crippen LogP contribution < -0.4 is 4.31 Å². The fourth-order valence-corrected chi connectivity index (χ4v) is 1.69. The molecule has 1 N–H and O–H groups in total. The van der Waals surface area contributed by atoms with E-state index in [4.69, 9.17) is 0 Å². The number of hydrogen-bond donors (Lipinski definition) is 1. The molecule has 15 heavy (non-hydrogen) atoms. The van der Waals surface area contributed by atoms with Gasteiger partial charge in [-0.25, -0.2) is 14.9 Å². The summed E-state index contributed by atoms with van der Waals surface area (Å²) in [5, 5.41) is 10.7. The molecule has 1 radical (unpaired) electrons. The highest BCUT2D eigenvalue weighted by atomic mass is 32.2. The number of benzene rings is 1. The van der Waals surface area contributed by atoms with Gasteiger partial charge < -0.3 is 4.98 Å². The van der Waals surface area contributed by atoms with E-state index in [0.29, 0.717) is 0 Å². The Morgan fingerprint density at radius 2 is 2.20 bits per heavy atom. The maximum Gasteiger partial charge on any atom is 0.469 e. The number of carbonyl (C=O) groups is 1. The largest absolute Gasteiger partial charge is 0.469 e. The SMILES string of the molecule is CSN(C([O])=O)c1nc2ccccc2[nH]1. The van der Waals surface area contributed by atoms with Gasteiger partial charge in [0.1, 0.15) is 0 Å². The zero-order chi connectivity index (χ0) is 10.8. The molecule has 0 unspecified atom stereocenters. The summed E-state index contributed by atoms with van der Waals surface area (Å²) >= 11 is 1.02. The van der Waals surface area contributed by atoms with E-state index in [1.165, 1.54) is 0 Å². The first-order chi connectivity index (χ1) is 7.22. The lowest BCUT2D eigenvalue weighted by Crippen LogP contribution is -2.20. The van der Waals surface area contributed by atoms with Crippen molar-refractivity contribution in [2.24, 2.45) is 0 Å². The first-order valence-electron chi connectivity index (χ1n) is 4.22. The summed E-state index contributed by atoms with van der Waals surface area (Å²) in [6.07, 6.45) is 0.352. The second-order valence-corrected chi connectivity index (χ2v) is 3.55. The van der Waals surface area contributed by atoms with Crippen molar-refractivity contribution >= 4 is 35.0 Å². The van der Waals surface area contributed by atoms with Crippen molar-refractivity contribution in [2.45, 2.75) is 0 Å². The minimum Gasteiger partial charge on any atom is -0.323 e. The second kappa shape index (κ2) is 3.82. The van der Waals surface area contributed by atoms with Gasteiger partial charge in [0, 0.05) is 6.26 Å². The molecular weight excluding hydrogens is 214 g/mol. The van der Waals surface area contributed by atoms with Gasteiger partial charge in [-0.1, -0.05) is 12.1 Å². The molecule has 0 aliphatic rings. The molecule has 0 saturated heterocycles. The third kappa shape index (κ3) is 1.75. The average Bonchev–Trinajstić information content (AvgIpc) is 2.61. The predicted molar refractivity (Wildman–Crippen MR) is 58.2 cm³/mol. The lowest BCUT2D eigenvalue weighted by atomic mass is 10.3. The van der Waals surface area contributed by atoms with Crippen LogP contribution in [0.4, 0.5) is 10.7 Å². The second-order valence-electron chi connectivity index (χ2n) is 2.82. The third-order valence-electron chi connectivity index (χ3n) is 1.92. The molecule has 5 nitrogen and oxygen atoms in total. The lowest BCUT2D eigenvalue weighted by Gasteiger charge is -2.08. The predicted octanol–water partition coefficient (Wildman–Crippen LogP) is 2.20. The van der Waals surface area contributed by atoms with Gasteiger partial charge in [0.05, 0.1) is 11.0 Å². The van der Waals surface area contributed by atoms with Crippen LogP contribution in [0.1, 0.15) is 0 Å². The normalized spacial score (nSPS) is 10.5. The van der Waals surface area contributed by atoms with Gasteiger partial charge in [0.15, 0.2) is 0 Å². The Kier molecular flexibility index (Phi) is 2.51. The van der Waals surface area contributed by atoms with Crippen LogP contribution in [0, 0.1) is 0 Å². The summed E-state index contributed by atoms with van der Waals surface area (Å²) in [4.78, 5) is 17.8. The lowest BCUT2D eigenvalue weighted by molar-refractivity contribution is 0.181. The van der Waals surface area contributed by atoms with Crippen molar-refractivity contribution in [3.8, 4) is 0 Å². The molecule has 77 valence electrons. The number of hydrogen-bond acceptors (Lipinski definition) is 3. The van der Waals surface area contributed by atoms with E-state index in [9.17, 15) is 9.90 Å². The van der Waals surface area contributed by atoms with Gasteiger partial charge in [0.2, 0.25) is 5.95 Å². The topological polar surface area (TPSA) is 68.9 Å². The molecule has 0 spiro atoms. The number of aromatic nitrogens is 2. The third-order valence-corrected chi connectivity index (χ3v) is 2.60. The van der Waals surface area contributed by atoms with Crippen LogP contribution in [-0.4, -0.2) is 22.3 Å². The summed E-state index contributed by atoms with van der Waals surface area (Å²) in [7, 11) is 0. The van der Waals surface area contributed by atoms with Gasteiger partial charge in [-0.15, -0.1) is 0 Å². The zero-order valence-corrected chi connectivity index (χ0v) is 8.75. The molecule has 1 aromatic carbocycles. The number of amides is 1. The number of imidazole rings is 1. The highest BCUT2D eigenvalue weighted by Crippen LogP contribution is 2.21. The number of carbonyl (C=O) groups excluding carboxylic acids is 1. The summed E-state index contributed by atoms with van der Waals surface area (Å²) in [5.74, 6) is 0.267. The number of nitrogens with one attached hydrogen (secondary N) is 1. The molecule has 2 rings (SSSR count). The Bertz CT molecular complexity index is 464. The minimum atomic E-state index is -1.29. The van der Waals surface area contributed by atoms with Crippen molar-refractivity contribution in [2.75, 3.05) is 10.6 Å². The standard InChI is InChI=1S/C9H8N3O2S/c1-15-12(9(13)14)8-10-6-4-2-3-5-7(6)11-8/h2-5H,1H3,(H,10,11). The van der Waals surface area contributed by atoms with Crippen LogP contribution in [0.15, 0.2) is 24.3 Å². The number of para-hydroxylation sites is 2. The summed E-state index contributed by atoms with van der Waals surface area (Å²) in [5.41, 5.74) is 1.53. The van der Waals surface area contributed by atoms with Crippen LogP contribution >= 0.6 is 11.9 Å². The van der Waals surface area contributed by atoms with Crippen molar-refractivity contribution in [1.82, 2.24) is 9.97 Å². The molecule has 0 bridgehead atoms. The molecule has 0 saturated carbocycles. The number of H-pyrrole nitrogens is 1. The molecule has 1 aromatic heterocycles. The smallest absolute Gasteiger partial charge is 0.323 e. The van der Waals surface area contributed by atoms with Gasteiger partial charge in [0.25, 0.3) is 0 Å². The van der Waals surface area contributed by atoms with Gasteiger partial charge >= 0.3 is 6.09 Å². The Hall–Kier alpha value is -1.69. The molecule has 1 amide bonds. The Morgan fingerprint density at radius 1 is 1.47 bits per heavy atom. The van der Waals surface area contributed by atoms with Gasteiger partial charge in [-0.2, -0.15) is 4.31 Å². The molecule has 6 heteroatoms. The van der Waals surface area contributed by atoms with E-state index in [2.05, 4.69) is 9.97 Å². The summed E-state index contributed by atoms with van der Waals surface area (Å²) in [6.45, 7) is 0. The number of rotatable bonds is 2. The van der Waals surface area contributed by atoms with E-state index in [1.54, 1.807) is 6.26 Å². The van der Waals surface area contributed by atoms with Crippen molar-refractivity contribution in [3.63, 3.8) is 0 Å². The minimum absolute atomic E-state index is 0.267. The molecule has 0 aliphatic heterocycles. The van der Waals surface area contributed by atoms with E-state index < -0.39 is 6.09 Å². The van der Waals surface area contributed by atoms with Crippen LogP contribution in [0.25, 0.3) is 11.0 Å². The Balaban J connectivity index is 2.47.